The lowest BCUT2D eigenvalue weighted by Gasteiger charge is -2.11. The first kappa shape index (κ1) is 25.5. The first-order chi connectivity index (χ1) is 17.5. The van der Waals surface area contributed by atoms with E-state index in [2.05, 4.69) is 20.8 Å². The Morgan fingerprint density at radius 3 is 2.75 bits per heavy atom. The highest BCUT2D eigenvalue weighted by Gasteiger charge is 2.10. The Hall–Kier alpha value is -3.60. The van der Waals surface area contributed by atoms with Crippen molar-refractivity contribution in [2.75, 3.05) is 24.8 Å². The third-order valence-electron chi connectivity index (χ3n) is 4.66. The van der Waals surface area contributed by atoms with Crippen LogP contribution in [0, 0.1) is 0 Å². The number of halogens is 1. The molecular weight excluding hydrogens is 520 g/mol. The van der Waals surface area contributed by atoms with Crippen molar-refractivity contribution in [3.05, 3.63) is 77.3 Å². The Labute approximate surface area is 220 Å². The van der Waals surface area contributed by atoms with E-state index in [1.54, 1.807) is 53.8 Å². The molecule has 0 fully saturated rings. The molecule has 0 bridgehead atoms. The zero-order valence-corrected chi connectivity index (χ0v) is 21.5. The number of nitrogens with zero attached hydrogens (tertiary/aromatic N) is 2. The average molecular weight is 541 g/mol. The summed E-state index contributed by atoms with van der Waals surface area (Å²) in [7, 11) is 1.50. The predicted molar refractivity (Wildman–Crippen MR) is 145 cm³/mol. The summed E-state index contributed by atoms with van der Waals surface area (Å²) in [5, 5.41) is 7.24. The van der Waals surface area contributed by atoms with Gasteiger partial charge in [0, 0.05) is 10.7 Å². The summed E-state index contributed by atoms with van der Waals surface area (Å²) in [6.45, 7) is -0.210. The zero-order valence-electron chi connectivity index (χ0n) is 19.1. The first-order valence-electron chi connectivity index (χ1n) is 10.7. The largest absolute Gasteiger partial charge is 0.493 e. The first-order valence-corrected chi connectivity index (χ1v) is 12.8. The van der Waals surface area contributed by atoms with Crippen molar-refractivity contribution in [3.8, 4) is 11.5 Å². The van der Waals surface area contributed by atoms with E-state index in [0.29, 0.717) is 27.8 Å². The maximum atomic E-state index is 12.2. The van der Waals surface area contributed by atoms with E-state index < -0.39 is 0 Å². The Kier molecular flexibility index (Phi) is 8.77. The number of carbonyl (C=O) groups excluding carboxylic acids is 2. The molecule has 3 aromatic carbocycles. The maximum Gasteiger partial charge on any atom is 0.262 e. The van der Waals surface area contributed by atoms with Crippen LogP contribution in [-0.2, 0) is 9.59 Å². The number of thioether (sulfide) groups is 1. The highest BCUT2D eigenvalue weighted by atomic mass is 35.5. The molecule has 1 aromatic heterocycles. The Morgan fingerprint density at radius 1 is 1.08 bits per heavy atom. The van der Waals surface area contributed by atoms with Crippen molar-refractivity contribution in [2.45, 2.75) is 4.34 Å². The van der Waals surface area contributed by atoms with E-state index in [0.717, 1.165) is 14.6 Å². The number of hydrogen-bond donors (Lipinski definition) is 2. The maximum absolute atomic E-state index is 12.2. The summed E-state index contributed by atoms with van der Waals surface area (Å²) in [4.78, 5) is 28.8. The highest BCUT2D eigenvalue weighted by molar-refractivity contribution is 8.01. The number of carbonyl (C=O) groups is 2. The monoisotopic (exact) mass is 540 g/mol. The quantitative estimate of drug-likeness (QED) is 0.162. The van der Waals surface area contributed by atoms with Crippen molar-refractivity contribution >= 4 is 68.6 Å². The van der Waals surface area contributed by atoms with Gasteiger partial charge < -0.3 is 14.8 Å². The van der Waals surface area contributed by atoms with E-state index in [9.17, 15) is 9.59 Å². The number of benzene rings is 3. The highest BCUT2D eigenvalue weighted by Crippen LogP contribution is 2.29. The minimum Gasteiger partial charge on any atom is -0.493 e. The molecule has 8 nitrogen and oxygen atoms in total. The van der Waals surface area contributed by atoms with Crippen molar-refractivity contribution in [1.82, 2.24) is 10.4 Å². The summed E-state index contributed by atoms with van der Waals surface area (Å²) in [5.74, 6) is 0.439. The zero-order chi connectivity index (χ0) is 25.3. The fraction of sp³-hybridized carbons (Fsp3) is 0.120. The molecule has 2 N–H and O–H groups in total. The van der Waals surface area contributed by atoms with Gasteiger partial charge >= 0.3 is 0 Å². The van der Waals surface area contributed by atoms with E-state index >= 15 is 0 Å². The van der Waals surface area contributed by atoms with Gasteiger partial charge in [0.15, 0.2) is 22.4 Å². The lowest BCUT2D eigenvalue weighted by molar-refractivity contribution is -0.119. The van der Waals surface area contributed by atoms with Crippen molar-refractivity contribution in [2.24, 2.45) is 5.10 Å². The number of aromatic nitrogens is 1. The van der Waals surface area contributed by atoms with E-state index in [-0.39, 0.29) is 24.2 Å². The van der Waals surface area contributed by atoms with Crippen LogP contribution < -0.4 is 20.2 Å². The summed E-state index contributed by atoms with van der Waals surface area (Å²) in [6.07, 6.45) is 1.50. The van der Waals surface area contributed by atoms with E-state index in [1.807, 2.05) is 24.3 Å². The fourth-order valence-corrected chi connectivity index (χ4v) is 5.09. The number of anilines is 1. The molecule has 0 atom stereocenters. The van der Waals surface area contributed by atoms with Crippen LogP contribution in [0.5, 0.6) is 11.5 Å². The summed E-state index contributed by atoms with van der Waals surface area (Å²) < 4.78 is 12.9. The lowest BCUT2D eigenvalue weighted by Crippen LogP contribution is -2.20. The van der Waals surface area contributed by atoms with Crippen LogP contribution in [0.15, 0.2) is 76.2 Å². The molecular formula is C25H21ClN4O4S2. The molecule has 0 saturated carbocycles. The molecule has 2 amide bonds. The standard InChI is InChI=1S/C25H21ClN4O4S2/c1-33-21-11-16(9-10-20(21)34-14-23(31)28-18-6-4-5-17(26)12-18)13-27-30-24(32)15-35-25-29-19-7-2-3-8-22(19)36-25/h2-13H,14-15H2,1H3,(H,28,31)(H,30,32)/b27-13+. The molecule has 0 radical (unpaired) electrons. The van der Waals surface area contributed by atoms with Gasteiger partial charge in [-0.3, -0.25) is 9.59 Å². The lowest BCUT2D eigenvalue weighted by atomic mass is 10.2. The van der Waals surface area contributed by atoms with Crippen LogP contribution in [0.1, 0.15) is 5.56 Å². The Morgan fingerprint density at radius 2 is 1.94 bits per heavy atom. The second-order valence-corrected chi connectivity index (χ2v) is 9.98. The molecule has 0 aliphatic heterocycles. The number of hydrazone groups is 1. The molecule has 11 heteroatoms. The van der Waals surface area contributed by atoms with Gasteiger partial charge in [-0.25, -0.2) is 10.4 Å². The van der Waals surface area contributed by atoms with Gasteiger partial charge in [0.2, 0.25) is 0 Å². The van der Waals surface area contributed by atoms with Crippen LogP contribution in [0.4, 0.5) is 5.69 Å². The van der Waals surface area contributed by atoms with Gasteiger partial charge in [-0.15, -0.1) is 11.3 Å². The van der Waals surface area contributed by atoms with Crippen molar-refractivity contribution < 1.29 is 19.1 Å². The minimum atomic E-state index is -0.337. The normalized spacial score (nSPS) is 10.9. The van der Waals surface area contributed by atoms with Gasteiger partial charge in [-0.2, -0.15) is 5.10 Å². The van der Waals surface area contributed by atoms with Gasteiger partial charge in [0.25, 0.3) is 11.8 Å². The number of amides is 2. The van der Waals surface area contributed by atoms with Crippen LogP contribution in [-0.4, -0.2) is 42.5 Å². The second kappa shape index (κ2) is 12.4. The molecule has 4 rings (SSSR count). The van der Waals surface area contributed by atoms with Crippen LogP contribution in [0.25, 0.3) is 10.2 Å². The number of fused-ring (bicyclic) bond motifs is 1. The third kappa shape index (κ3) is 7.20. The molecule has 0 saturated heterocycles. The van der Waals surface area contributed by atoms with Crippen LogP contribution in [0.2, 0.25) is 5.02 Å². The number of rotatable bonds is 10. The fourth-order valence-electron chi connectivity index (χ4n) is 3.04. The second-order valence-electron chi connectivity index (χ2n) is 7.29. The van der Waals surface area contributed by atoms with E-state index in [1.165, 1.54) is 25.1 Å². The van der Waals surface area contributed by atoms with Crippen LogP contribution in [0.3, 0.4) is 0 Å². The van der Waals surface area contributed by atoms with Crippen molar-refractivity contribution in [1.29, 1.82) is 0 Å². The minimum absolute atomic E-state index is 0.199. The van der Waals surface area contributed by atoms with Gasteiger partial charge in [-0.05, 0) is 54.1 Å². The molecule has 1 heterocycles. The third-order valence-corrected chi connectivity index (χ3v) is 7.07. The number of nitrogens with one attached hydrogen (secondary N) is 2. The molecule has 36 heavy (non-hydrogen) atoms. The number of ether oxygens (including phenoxy) is 2. The Balaban J connectivity index is 1.26. The average Bonchev–Trinajstić information content (AvgIpc) is 3.30. The molecule has 0 aliphatic rings. The molecule has 0 unspecified atom stereocenters. The number of methoxy groups -OCH3 is 1. The molecule has 0 aliphatic carbocycles. The summed E-state index contributed by atoms with van der Waals surface area (Å²) in [6, 6.07) is 19.8. The molecule has 0 spiro atoms. The summed E-state index contributed by atoms with van der Waals surface area (Å²) in [5.41, 5.74) is 4.69. The number of para-hydroxylation sites is 1. The Bertz CT molecular complexity index is 1380. The number of hydrogen-bond acceptors (Lipinski definition) is 8. The predicted octanol–water partition coefficient (Wildman–Crippen LogP) is 5.22. The number of thiazole rings is 1. The van der Waals surface area contributed by atoms with Crippen molar-refractivity contribution in [3.63, 3.8) is 0 Å². The van der Waals surface area contributed by atoms with Gasteiger partial charge in [0.1, 0.15) is 0 Å². The smallest absolute Gasteiger partial charge is 0.262 e. The SMILES string of the molecule is COc1cc(/C=N/NC(=O)CSc2nc3ccccc3s2)ccc1OCC(=O)Nc1cccc(Cl)c1. The van der Waals surface area contributed by atoms with E-state index in [4.69, 9.17) is 21.1 Å². The van der Waals surface area contributed by atoms with Gasteiger partial charge in [0.05, 0.1) is 29.3 Å². The van der Waals surface area contributed by atoms with Gasteiger partial charge in [-0.1, -0.05) is 41.6 Å². The van der Waals surface area contributed by atoms with Crippen LogP contribution >= 0.6 is 34.7 Å². The summed E-state index contributed by atoms with van der Waals surface area (Å²) >= 11 is 8.84. The molecule has 4 aromatic rings. The molecule has 184 valence electrons. The topological polar surface area (TPSA) is 102 Å².